The lowest BCUT2D eigenvalue weighted by Crippen LogP contribution is -2.54. The van der Waals surface area contributed by atoms with Crippen LogP contribution in [0.25, 0.3) is 6.08 Å². The number of aryl methyl sites for hydroxylation is 1. The molecule has 0 aromatic heterocycles. The molecule has 0 spiro atoms. The quantitative estimate of drug-likeness (QED) is 0.405. The minimum absolute atomic E-state index is 0.145. The normalized spacial score (nSPS) is 15.3. The number of imide groups is 2. The van der Waals surface area contributed by atoms with Crippen molar-refractivity contribution in [2.75, 3.05) is 4.90 Å². The second-order valence-electron chi connectivity index (χ2n) is 7.36. The highest BCUT2D eigenvalue weighted by molar-refractivity contribution is 6.39. The maximum atomic E-state index is 13.2. The summed E-state index contributed by atoms with van der Waals surface area (Å²) in [5.74, 6) is -1.46. The smallest absolute Gasteiger partial charge is 0.273 e. The first-order chi connectivity index (χ1) is 15.3. The van der Waals surface area contributed by atoms with Crippen LogP contribution >= 0.6 is 23.2 Å². The Hall–Kier alpha value is -3.41. The average Bonchev–Trinajstić information content (AvgIpc) is 2.76. The number of amides is 4. The van der Waals surface area contributed by atoms with E-state index in [1.807, 2.05) is 55.5 Å². The molecule has 3 aromatic carbocycles. The predicted octanol–water partition coefficient (Wildman–Crippen LogP) is 5.56. The number of anilines is 1. The highest BCUT2D eigenvalue weighted by Gasteiger charge is 2.37. The molecule has 1 N–H and O–H groups in total. The molecule has 0 aliphatic carbocycles. The summed E-state index contributed by atoms with van der Waals surface area (Å²) in [6, 6.07) is 18.9. The largest absolute Gasteiger partial charge is 0.335 e. The van der Waals surface area contributed by atoms with Gasteiger partial charge in [-0.2, -0.15) is 0 Å². The van der Waals surface area contributed by atoms with E-state index in [1.54, 1.807) is 12.1 Å². The lowest BCUT2D eigenvalue weighted by molar-refractivity contribution is -0.122. The number of benzene rings is 3. The van der Waals surface area contributed by atoms with Crippen LogP contribution in [-0.4, -0.2) is 17.8 Å². The van der Waals surface area contributed by atoms with Crippen molar-refractivity contribution in [2.45, 2.75) is 13.3 Å². The molecule has 1 aliphatic rings. The monoisotopic (exact) mass is 464 g/mol. The summed E-state index contributed by atoms with van der Waals surface area (Å²) in [7, 11) is 0. The van der Waals surface area contributed by atoms with Gasteiger partial charge in [-0.1, -0.05) is 71.7 Å². The number of hydrogen-bond donors (Lipinski definition) is 1. The van der Waals surface area contributed by atoms with E-state index >= 15 is 0 Å². The van der Waals surface area contributed by atoms with E-state index in [-0.39, 0.29) is 11.3 Å². The van der Waals surface area contributed by atoms with Gasteiger partial charge in [0.25, 0.3) is 11.8 Å². The van der Waals surface area contributed by atoms with E-state index in [0.29, 0.717) is 22.0 Å². The van der Waals surface area contributed by atoms with E-state index in [1.165, 1.54) is 12.1 Å². The maximum Gasteiger partial charge on any atom is 0.335 e. The zero-order valence-electron chi connectivity index (χ0n) is 17.1. The van der Waals surface area contributed by atoms with Crippen LogP contribution in [0.2, 0.25) is 10.0 Å². The summed E-state index contributed by atoms with van der Waals surface area (Å²) in [5, 5.41) is 3.28. The summed E-state index contributed by atoms with van der Waals surface area (Å²) >= 11 is 12.5. The van der Waals surface area contributed by atoms with Gasteiger partial charge in [-0.05, 0) is 59.9 Å². The standard InChI is InChI=1S/C25H18Cl2N2O3/c1-15-10-11-19(14-22(15)27)29-24(31)20(23(30)28-25(29)32)13-17-7-3-2-6-16(17)12-18-8-4-5-9-21(18)26/h2-11,13-14H,12H2,1H3,(H,28,30,32)/b20-13+. The Bertz CT molecular complexity index is 1280. The molecular formula is C25H18Cl2N2O3. The van der Waals surface area contributed by atoms with Gasteiger partial charge in [-0.25, -0.2) is 9.69 Å². The van der Waals surface area contributed by atoms with Crippen molar-refractivity contribution in [1.29, 1.82) is 0 Å². The number of halogens is 2. The molecule has 0 atom stereocenters. The Morgan fingerprint density at radius 2 is 1.56 bits per heavy atom. The number of nitrogens with zero attached hydrogens (tertiary/aromatic N) is 1. The number of rotatable bonds is 4. The predicted molar refractivity (Wildman–Crippen MR) is 126 cm³/mol. The van der Waals surface area contributed by atoms with E-state index in [2.05, 4.69) is 5.32 Å². The molecule has 0 unspecified atom stereocenters. The highest BCUT2D eigenvalue weighted by atomic mass is 35.5. The Kier molecular flexibility index (Phi) is 6.12. The van der Waals surface area contributed by atoms with E-state index in [0.717, 1.165) is 21.6 Å². The molecule has 4 rings (SSSR count). The van der Waals surface area contributed by atoms with Crippen molar-refractivity contribution in [3.63, 3.8) is 0 Å². The van der Waals surface area contributed by atoms with Gasteiger partial charge < -0.3 is 0 Å². The van der Waals surface area contributed by atoms with Gasteiger partial charge in [0.05, 0.1) is 5.69 Å². The molecule has 3 aromatic rings. The maximum absolute atomic E-state index is 13.2. The fraction of sp³-hybridized carbons (Fsp3) is 0.0800. The first-order valence-corrected chi connectivity index (χ1v) is 10.6. The number of hydrogen-bond acceptors (Lipinski definition) is 3. The topological polar surface area (TPSA) is 66.5 Å². The number of carbonyl (C=O) groups is 3. The molecule has 0 bridgehead atoms. The average molecular weight is 465 g/mol. The van der Waals surface area contributed by atoms with Crippen LogP contribution < -0.4 is 10.2 Å². The molecular weight excluding hydrogens is 447 g/mol. The molecule has 0 saturated carbocycles. The minimum Gasteiger partial charge on any atom is -0.273 e. The zero-order valence-corrected chi connectivity index (χ0v) is 18.6. The molecule has 160 valence electrons. The van der Waals surface area contributed by atoms with E-state index in [4.69, 9.17) is 23.2 Å². The van der Waals surface area contributed by atoms with Crippen LogP contribution in [0, 0.1) is 6.92 Å². The van der Waals surface area contributed by atoms with Crippen LogP contribution in [0.5, 0.6) is 0 Å². The van der Waals surface area contributed by atoms with Gasteiger partial charge in [-0.15, -0.1) is 0 Å². The molecule has 0 radical (unpaired) electrons. The van der Waals surface area contributed by atoms with Crippen molar-refractivity contribution in [3.8, 4) is 0 Å². The lowest BCUT2D eigenvalue weighted by Gasteiger charge is -2.26. The Labute approximate surface area is 195 Å². The molecule has 1 heterocycles. The fourth-order valence-corrected chi connectivity index (χ4v) is 3.83. The summed E-state index contributed by atoms with van der Waals surface area (Å²) in [6.45, 7) is 1.81. The van der Waals surface area contributed by atoms with E-state index < -0.39 is 17.8 Å². The summed E-state index contributed by atoms with van der Waals surface area (Å²) in [4.78, 5) is 39.1. The first kappa shape index (κ1) is 21.8. The van der Waals surface area contributed by atoms with Gasteiger partial charge in [0.1, 0.15) is 5.57 Å². The molecule has 5 nitrogen and oxygen atoms in total. The molecule has 1 fully saturated rings. The SMILES string of the molecule is Cc1ccc(N2C(=O)NC(=O)/C(=C\c3ccccc3Cc3ccccc3Cl)C2=O)cc1Cl. The van der Waals surface area contributed by atoms with Gasteiger partial charge in [-0.3, -0.25) is 14.9 Å². The molecule has 1 saturated heterocycles. The number of urea groups is 1. The van der Waals surface area contributed by atoms with Gasteiger partial charge in [0, 0.05) is 10.0 Å². The van der Waals surface area contributed by atoms with Crippen LogP contribution in [-0.2, 0) is 16.0 Å². The van der Waals surface area contributed by atoms with Crippen molar-refractivity contribution < 1.29 is 14.4 Å². The van der Waals surface area contributed by atoms with Gasteiger partial charge >= 0.3 is 6.03 Å². The third-order valence-corrected chi connectivity index (χ3v) is 5.98. The Morgan fingerprint density at radius 3 is 2.28 bits per heavy atom. The fourth-order valence-electron chi connectivity index (χ4n) is 3.45. The second kappa shape index (κ2) is 8.99. The number of barbiturate groups is 1. The lowest BCUT2D eigenvalue weighted by atomic mass is 9.97. The summed E-state index contributed by atoms with van der Waals surface area (Å²) in [5.41, 5.74) is 3.43. The second-order valence-corrected chi connectivity index (χ2v) is 8.17. The molecule has 7 heteroatoms. The third-order valence-electron chi connectivity index (χ3n) is 5.21. The van der Waals surface area contributed by atoms with Crippen LogP contribution in [0.1, 0.15) is 22.3 Å². The van der Waals surface area contributed by atoms with Crippen molar-refractivity contribution in [3.05, 3.63) is 105 Å². The first-order valence-electron chi connectivity index (χ1n) is 9.84. The summed E-state index contributed by atoms with van der Waals surface area (Å²) in [6.07, 6.45) is 2.02. The highest BCUT2D eigenvalue weighted by Crippen LogP contribution is 2.28. The number of nitrogens with one attached hydrogen (secondary N) is 1. The third kappa shape index (κ3) is 4.31. The molecule has 1 aliphatic heterocycles. The molecule has 4 amide bonds. The zero-order chi connectivity index (χ0) is 22.8. The van der Waals surface area contributed by atoms with Crippen molar-refractivity contribution in [2.24, 2.45) is 0 Å². The minimum atomic E-state index is -0.818. The van der Waals surface area contributed by atoms with E-state index in [9.17, 15) is 14.4 Å². The van der Waals surface area contributed by atoms with Crippen LogP contribution in [0.4, 0.5) is 10.5 Å². The van der Waals surface area contributed by atoms with Crippen molar-refractivity contribution >= 4 is 52.8 Å². The summed E-state index contributed by atoms with van der Waals surface area (Å²) < 4.78 is 0. The molecule has 32 heavy (non-hydrogen) atoms. The number of carbonyl (C=O) groups excluding carboxylic acids is 3. The van der Waals surface area contributed by atoms with Gasteiger partial charge in [0.2, 0.25) is 0 Å². The van der Waals surface area contributed by atoms with Crippen molar-refractivity contribution in [1.82, 2.24) is 5.32 Å². The van der Waals surface area contributed by atoms with Crippen LogP contribution in [0.15, 0.2) is 72.3 Å². The van der Waals surface area contributed by atoms with Crippen LogP contribution in [0.3, 0.4) is 0 Å². The Morgan fingerprint density at radius 1 is 0.875 bits per heavy atom. The van der Waals surface area contributed by atoms with Gasteiger partial charge in [0.15, 0.2) is 0 Å². The Balaban J connectivity index is 1.73.